The highest BCUT2D eigenvalue weighted by molar-refractivity contribution is 6.45. The Labute approximate surface area is 175 Å². The number of carbonyl (C=O) groups is 2. The molecule has 154 valence electrons. The molecule has 3 fully saturated rings. The zero-order valence-corrected chi connectivity index (χ0v) is 16.8. The molecule has 3 aromatic rings. The van der Waals surface area contributed by atoms with Crippen molar-refractivity contribution >= 4 is 22.6 Å². The largest absolute Gasteiger partial charge is 0.489 e. The molecule has 6 heteroatoms. The van der Waals surface area contributed by atoms with Crippen LogP contribution in [0.4, 0.5) is 0 Å². The fourth-order valence-electron chi connectivity index (χ4n) is 4.60. The maximum Gasteiger partial charge on any atom is 0.292 e. The summed E-state index contributed by atoms with van der Waals surface area (Å²) < 4.78 is 5.89. The van der Waals surface area contributed by atoms with Gasteiger partial charge in [-0.2, -0.15) is 0 Å². The van der Waals surface area contributed by atoms with Crippen molar-refractivity contribution in [3.8, 4) is 5.75 Å². The van der Waals surface area contributed by atoms with Gasteiger partial charge >= 0.3 is 0 Å². The Morgan fingerprint density at radius 1 is 1.10 bits per heavy atom. The van der Waals surface area contributed by atoms with E-state index in [9.17, 15) is 9.59 Å². The topological polar surface area (TPSA) is 74.4 Å². The minimum absolute atomic E-state index is 0.0684. The van der Waals surface area contributed by atoms with Crippen molar-refractivity contribution in [3.63, 3.8) is 0 Å². The number of benzene rings is 2. The average molecular weight is 403 g/mol. The summed E-state index contributed by atoms with van der Waals surface area (Å²) in [6.07, 6.45) is 3.80. The molecule has 3 aliphatic heterocycles. The smallest absolute Gasteiger partial charge is 0.292 e. The Bertz CT molecular complexity index is 1070. The predicted octanol–water partition coefficient (Wildman–Crippen LogP) is 3.14. The number of hydrogen-bond acceptors (Lipinski definition) is 4. The van der Waals surface area contributed by atoms with Crippen LogP contribution in [-0.2, 0) is 11.4 Å². The highest BCUT2D eigenvalue weighted by atomic mass is 16.5. The number of ether oxygens (including phenoxy) is 1. The standard InChI is InChI=1S/C24H25N3O3/c28-23(24(29)26-22-14-27-10-8-17(22)9-11-27)20-13-25-21-7-6-18(12-19(20)21)30-15-16-4-2-1-3-5-16/h1-7,12-13,17,22,25H,8-11,14-15H2,(H,26,29). The summed E-state index contributed by atoms with van der Waals surface area (Å²) in [5.74, 6) is 0.119. The average Bonchev–Trinajstić information content (AvgIpc) is 3.22. The molecule has 0 radical (unpaired) electrons. The van der Waals surface area contributed by atoms with Gasteiger partial charge in [-0.25, -0.2) is 0 Å². The van der Waals surface area contributed by atoms with Crippen LogP contribution in [0.5, 0.6) is 5.75 Å². The van der Waals surface area contributed by atoms with E-state index in [1.807, 2.05) is 48.5 Å². The van der Waals surface area contributed by atoms with Crippen LogP contribution < -0.4 is 10.1 Å². The lowest BCUT2D eigenvalue weighted by Crippen LogP contribution is -2.58. The van der Waals surface area contributed by atoms with E-state index in [1.165, 1.54) is 0 Å². The maximum absolute atomic E-state index is 12.9. The predicted molar refractivity (Wildman–Crippen MR) is 114 cm³/mol. The summed E-state index contributed by atoms with van der Waals surface area (Å²) >= 11 is 0. The number of ketones is 1. The van der Waals surface area contributed by atoms with E-state index in [2.05, 4.69) is 15.2 Å². The summed E-state index contributed by atoms with van der Waals surface area (Å²) in [6.45, 7) is 3.48. The van der Waals surface area contributed by atoms with E-state index in [0.717, 1.165) is 43.6 Å². The third-order valence-corrected chi connectivity index (χ3v) is 6.33. The zero-order chi connectivity index (χ0) is 20.5. The molecule has 1 amide bonds. The number of amides is 1. The monoisotopic (exact) mass is 403 g/mol. The van der Waals surface area contributed by atoms with Crippen molar-refractivity contribution in [2.45, 2.75) is 25.5 Å². The van der Waals surface area contributed by atoms with Gasteiger partial charge < -0.3 is 19.9 Å². The van der Waals surface area contributed by atoms with Crippen molar-refractivity contribution in [3.05, 3.63) is 65.9 Å². The van der Waals surface area contributed by atoms with Crippen molar-refractivity contribution in [1.82, 2.24) is 15.2 Å². The molecular formula is C24H25N3O3. The van der Waals surface area contributed by atoms with Gasteiger partial charge in [-0.05, 0) is 55.6 Å². The second-order valence-corrected chi connectivity index (χ2v) is 8.23. The fraction of sp³-hybridized carbons (Fsp3) is 0.333. The number of rotatable bonds is 6. The quantitative estimate of drug-likeness (QED) is 0.490. The Kier molecular flexibility index (Phi) is 5.01. The molecular weight excluding hydrogens is 378 g/mol. The summed E-state index contributed by atoms with van der Waals surface area (Å²) in [7, 11) is 0. The van der Waals surface area contributed by atoms with Gasteiger partial charge in [-0.15, -0.1) is 0 Å². The van der Waals surface area contributed by atoms with Crippen molar-refractivity contribution in [2.24, 2.45) is 5.92 Å². The molecule has 1 atom stereocenters. The van der Waals surface area contributed by atoms with Crippen LogP contribution in [0, 0.1) is 5.92 Å². The number of aromatic nitrogens is 1. The van der Waals surface area contributed by atoms with E-state index in [4.69, 9.17) is 4.74 Å². The van der Waals surface area contributed by atoms with Crippen LogP contribution in [0.3, 0.4) is 0 Å². The lowest BCUT2D eigenvalue weighted by molar-refractivity contribution is -0.119. The van der Waals surface area contributed by atoms with Gasteiger partial charge in [0, 0.05) is 29.7 Å². The van der Waals surface area contributed by atoms with E-state index in [1.54, 1.807) is 6.20 Å². The van der Waals surface area contributed by atoms with Gasteiger partial charge in [0.15, 0.2) is 0 Å². The number of fused-ring (bicyclic) bond motifs is 4. The van der Waals surface area contributed by atoms with Gasteiger partial charge in [-0.1, -0.05) is 30.3 Å². The Balaban J connectivity index is 1.30. The van der Waals surface area contributed by atoms with E-state index < -0.39 is 11.7 Å². The first-order chi connectivity index (χ1) is 14.7. The number of aromatic amines is 1. The van der Waals surface area contributed by atoms with Gasteiger partial charge in [0.2, 0.25) is 0 Å². The molecule has 2 N–H and O–H groups in total. The molecule has 1 aromatic heterocycles. The number of Topliss-reactive ketones (excluding diaryl/α,β-unsaturated/α-hetero) is 1. The molecule has 0 saturated carbocycles. The second kappa shape index (κ2) is 7.95. The number of nitrogens with zero attached hydrogens (tertiary/aromatic N) is 1. The molecule has 0 aliphatic carbocycles. The molecule has 6 nitrogen and oxygen atoms in total. The normalized spacial score (nSPS) is 22.7. The Morgan fingerprint density at radius 2 is 1.90 bits per heavy atom. The highest BCUT2D eigenvalue weighted by Crippen LogP contribution is 2.28. The van der Waals surface area contributed by atoms with E-state index in [-0.39, 0.29) is 6.04 Å². The van der Waals surface area contributed by atoms with E-state index >= 15 is 0 Å². The van der Waals surface area contributed by atoms with Crippen LogP contribution in [0.2, 0.25) is 0 Å². The first kappa shape index (κ1) is 18.9. The molecule has 4 heterocycles. The van der Waals surface area contributed by atoms with Crippen LogP contribution in [-0.4, -0.2) is 47.3 Å². The first-order valence-corrected chi connectivity index (χ1v) is 10.5. The third kappa shape index (κ3) is 3.71. The highest BCUT2D eigenvalue weighted by Gasteiger charge is 2.36. The van der Waals surface area contributed by atoms with Crippen molar-refractivity contribution in [1.29, 1.82) is 0 Å². The molecule has 30 heavy (non-hydrogen) atoms. The van der Waals surface area contributed by atoms with E-state index in [0.29, 0.717) is 29.2 Å². The van der Waals surface area contributed by atoms with Crippen molar-refractivity contribution in [2.75, 3.05) is 19.6 Å². The molecule has 3 saturated heterocycles. The molecule has 3 aliphatic rings. The van der Waals surface area contributed by atoms with Gasteiger partial charge in [0.25, 0.3) is 11.7 Å². The SMILES string of the molecule is O=C(NC1CN2CCC1CC2)C(=O)c1c[nH]c2ccc(OCc3ccccc3)cc12. The molecule has 2 aromatic carbocycles. The van der Waals surface area contributed by atoms with Crippen LogP contribution >= 0.6 is 0 Å². The molecule has 0 spiro atoms. The molecule has 6 rings (SSSR count). The van der Waals surface area contributed by atoms with Gasteiger partial charge in [0.1, 0.15) is 12.4 Å². The number of hydrogen-bond donors (Lipinski definition) is 2. The number of H-pyrrole nitrogens is 1. The third-order valence-electron chi connectivity index (χ3n) is 6.33. The van der Waals surface area contributed by atoms with Gasteiger partial charge in [-0.3, -0.25) is 9.59 Å². The summed E-state index contributed by atoms with van der Waals surface area (Å²) in [6, 6.07) is 15.5. The number of piperidine rings is 3. The van der Waals surface area contributed by atoms with Crippen LogP contribution in [0.1, 0.15) is 28.8 Å². The lowest BCUT2D eigenvalue weighted by Gasteiger charge is -2.44. The fourth-order valence-corrected chi connectivity index (χ4v) is 4.60. The first-order valence-electron chi connectivity index (χ1n) is 10.5. The minimum atomic E-state index is -0.523. The van der Waals surface area contributed by atoms with Crippen LogP contribution in [0.15, 0.2) is 54.7 Å². The Hall–Kier alpha value is -3.12. The van der Waals surface area contributed by atoms with Crippen molar-refractivity contribution < 1.29 is 14.3 Å². The number of carbonyl (C=O) groups excluding carboxylic acids is 2. The molecule has 1 unspecified atom stereocenters. The van der Waals surface area contributed by atoms with Crippen LogP contribution in [0.25, 0.3) is 10.9 Å². The maximum atomic E-state index is 12.9. The summed E-state index contributed by atoms with van der Waals surface area (Å²) in [5.41, 5.74) is 2.26. The summed E-state index contributed by atoms with van der Waals surface area (Å²) in [4.78, 5) is 31.1. The second-order valence-electron chi connectivity index (χ2n) is 8.23. The zero-order valence-electron chi connectivity index (χ0n) is 16.8. The Morgan fingerprint density at radius 3 is 2.63 bits per heavy atom. The number of nitrogens with one attached hydrogen (secondary N) is 2. The van der Waals surface area contributed by atoms with Gasteiger partial charge in [0.05, 0.1) is 5.56 Å². The minimum Gasteiger partial charge on any atom is -0.489 e. The lowest BCUT2D eigenvalue weighted by atomic mass is 9.84. The molecule has 2 bridgehead atoms. The summed E-state index contributed by atoms with van der Waals surface area (Å²) in [5, 5.41) is 3.69.